The van der Waals surface area contributed by atoms with Crippen molar-refractivity contribution in [2.45, 2.75) is 13.0 Å². The molecule has 0 saturated heterocycles. The highest BCUT2D eigenvalue weighted by atomic mass is 127. The van der Waals surface area contributed by atoms with E-state index in [1.807, 2.05) is 22.6 Å². The third-order valence-electron chi connectivity index (χ3n) is 1.68. The number of benzene rings is 1. The summed E-state index contributed by atoms with van der Waals surface area (Å²) in [5.41, 5.74) is 0.451. The third kappa shape index (κ3) is 4.52. The number of alkyl halides is 2. The summed E-state index contributed by atoms with van der Waals surface area (Å²) < 4.78 is 28.6. The zero-order valence-electron chi connectivity index (χ0n) is 8.41. The fourth-order valence-corrected chi connectivity index (χ4v) is 1.66. The summed E-state index contributed by atoms with van der Waals surface area (Å²) in [6.07, 6.45) is -0.259. The van der Waals surface area contributed by atoms with Crippen molar-refractivity contribution in [2.24, 2.45) is 0 Å². The van der Waals surface area contributed by atoms with Gasteiger partial charge in [-0.2, -0.15) is 14.0 Å². The Morgan fingerprint density at radius 2 is 2.29 bits per heavy atom. The standard InChI is InChI=1S/C10H7F2IN2O2/c11-10(12)17-6-1-2-8(7(13)5-6)15-9(16)3-4-14/h1-2,5,10H,3H2,(H,15,16). The first-order valence-corrected chi connectivity index (χ1v) is 5.52. The molecular weight excluding hydrogens is 345 g/mol. The number of halogens is 3. The molecule has 0 bridgehead atoms. The highest BCUT2D eigenvalue weighted by Crippen LogP contribution is 2.24. The zero-order valence-corrected chi connectivity index (χ0v) is 10.6. The summed E-state index contributed by atoms with van der Waals surface area (Å²) >= 11 is 1.87. The van der Waals surface area contributed by atoms with Crippen molar-refractivity contribution >= 4 is 34.2 Å². The van der Waals surface area contributed by atoms with Gasteiger partial charge in [-0.1, -0.05) is 0 Å². The largest absolute Gasteiger partial charge is 0.435 e. The molecule has 0 fully saturated rings. The molecule has 0 unspecified atom stereocenters. The lowest BCUT2D eigenvalue weighted by atomic mass is 10.3. The van der Waals surface area contributed by atoms with Gasteiger partial charge in [-0.25, -0.2) is 0 Å². The summed E-state index contributed by atoms with van der Waals surface area (Å²) in [6.45, 7) is -2.88. The van der Waals surface area contributed by atoms with Crippen LogP contribution in [0.1, 0.15) is 6.42 Å². The number of nitriles is 1. The first kappa shape index (κ1) is 13.6. The Labute approximate surface area is 110 Å². The van der Waals surface area contributed by atoms with Gasteiger partial charge in [0.25, 0.3) is 0 Å². The second-order valence-corrected chi connectivity index (χ2v) is 4.07. The quantitative estimate of drug-likeness (QED) is 0.848. The maximum atomic E-state index is 11.9. The molecular formula is C10H7F2IN2O2. The van der Waals surface area contributed by atoms with E-state index < -0.39 is 12.5 Å². The fraction of sp³-hybridized carbons (Fsp3) is 0.200. The molecule has 1 amide bonds. The van der Waals surface area contributed by atoms with Crippen molar-refractivity contribution in [3.8, 4) is 11.8 Å². The van der Waals surface area contributed by atoms with E-state index in [9.17, 15) is 13.6 Å². The number of anilines is 1. The number of ether oxygens (including phenoxy) is 1. The second kappa shape index (κ2) is 6.34. The summed E-state index contributed by atoms with van der Waals surface area (Å²) in [5, 5.41) is 10.8. The van der Waals surface area contributed by atoms with Crippen LogP contribution in [0.3, 0.4) is 0 Å². The van der Waals surface area contributed by atoms with Crippen LogP contribution in [0.5, 0.6) is 5.75 Å². The van der Waals surface area contributed by atoms with E-state index in [1.165, 1.54) is 18.2 Å². The second-order valence-electron chi connectivity index (χ2n) is 2.90. The molecule has 1 N–H and O–H groups in total. The topological polar surface area (TPSA) is 62.1 Å². The van der Waals surface area contributed by atoms with Crippen LogP contribution in [0.15, 0.2) is 18.2 Å². The van der Waals surface area contributed by atoms with E-state index in [0.717, 1.165) is 0 Å². The molecule has 0 atom stereocenters. The molecule has 0 aliphatic heterocycles. The van der Waals surface area contributed by atoms with Gasteiger partial charge in [0.05, 0.1) is 11.8 Å². The molecule has 0 heterocycles. The van der Waals surface area contributed by atoms with Gasteiger partial charge in [-0.15, -0.1) is 0 Å². The number of carbonyl (C=O) groups is 1. The van der Waals surface area contributed by atoms with Crippen LogP contribution in [0.4, 0.5) is 14.5 Å². The number of nitrogens with zero attached hydrogens (tertiary/aromatic N) is 1. The van der Waals surface area contributed by atoms with Crippen LogP contribution < -0.4 is 10.1 Å². The minimum atomic E-state index is -2.88. The highest BCUT2D eigenvalue weighted by molar-refractivity contribution is 14.1. The van der Waals surface area contributed by atoms with Crippen molar-refractivity contribution in [1.82, 2.24) is 0 Å². The van der Waals surface area contributed by atoms with Gasteiger partial charge < -0.3 is 10.1 Å². The molecule has 0 aliphatic carbocycles. The summed E-state index contributed by atoms with van der Waals surface area (Å²) in [6, 6.07) is 5.83. The fourth-order valence-electron chi connectivity index (χ4n) is 1.04. The molecule has 1 aromatic carbocycles. The van der Waals surface area contributed by atoms with Crippen LogP contribution in [-0.4, -0.2) is 12.5 Å². The van der Waals surface area contributed by atoms with Crippen molar-refractivity contribution in [2.75, 3.05) is 5.32 Å². The van der Waals surface area contributed by atoms with E-state index in [0.29, 0.717) is 9.26 Å². The molecule has 0 saturated carbocycles. The normalized spacial score (nSPS) is 9.82. The molecule has 0 spiro atoms. The van der Waals surface area contributed by atoms with Crippen molar-refractivity contribution in [3.05, 3.63) is 21.8 Å². The van der Waals surface area contributed by atoms with Crippen LogP contribution in [0, 0.1) is 14.9 Å². The Morgan fingerprint density at radius 1 is 1.59 bits per heavy atom. The van der Waals surface area contributed by atoms with Crippen molar-refractivity contribution in [1.29, 1.82) is 5.26 Å². The van der Waals surface area contributed by atoms with Gasteiger partial charge in [0.1, 0.15) is 12.2 Å². The number of hydrogen-bond donors (Lipinski definition) is 1. The van der Waals surface area contributed by atoms with E-state index in [2.05, 4.69) is 10.1 Å². The Kier molecular flexibility index (Phi) is 5.09. The molecule has 0 aliphatic rings. The maximum Gasteiger partial charge on any atom is 0.387 e. The molecule has 90 valence electrons. The smallest absolute Gasteiger partial charge is 0.387 e. The van der Waals surface area contributed by atoms with E-state index in [1.54, 1.807) is 6.07 Å². The predicted molar refractivity (Wildman–Crippen MR) is 64.7 cm³/mol. The third-order valence-corrected chi connectivity index (χ3v) is 2.57. The lowest BCUT2D eigenvalue weighted by molar-refractivity contribution is -0.115. The summed E-state index contributed by atoms with van der Waals surface area (Å²) in [5.74, 6) is -0.435. The van der Waals surface area contributed by atoms with Gasteiger partial charge in [-0.3, -0.25) is 4.79 Å². The predicted octanol–water partition coefficient (Wildman–Crippen LogP) is 2.74. The van der Waals surface area contributed by atoms with E-state index >= 15 is 0 Å². The molecule has 17 heavy (non-hydrogen) atoms. The Bertz CT molecular complexity index is 460. The van der Waals surface area contributed by atoms with Crippen LogP contribution in [0.25, 0.3) is 0 Å². The molecule has 0 radical (unpaired) electrons. The lowest BCUT2D eigenvalue weighted by Crippen LogP contribution is -2.11. The first-order valence-electron chi connectivity index (χ1n) is 4.44. The molecule has 7 heteroatoms. The number of nitrogens with one attached hydrogen (secondary N) is 1. The minimum Gasteiger partial charge on any atom is -0.435 e. The summed E-state index contributed by atoms with van der Waals surface area (Å²) in [4.78, 5) is 11.1. The molecule has 4 nitrogen and oxygen atoms in total. The molecule has 1 rings (SSSR count). The van der Waals surface area contributed by atoms with Gasteiger partial charge in [0.15, 0.2) is 0 Å². The van der Waals surface area contributed by atoms with Gasteiger partial charge >= 0.3 is 6.61 Å². The summed E-state index contributed by atoms with van der Waals surface area (Å²) in [7, 11) is 0. The maximum absolute atomic E-state index is 11.9. The Hall–Kier alpha value is -1.43. The molecule has 0 aromatic heterocycles. The first-order chi connectivity index (χ1) is 8.02. The van der Waals surface area contributed by atoms with Gasteiger partial charge in [0.2, 0.25) is 5.91 Å². The monoisotopic (exact) mass is 352 g/mol. The minimum absolute atomic E-state index is 0.0164. The number of hydrogen-bond acceptors (Lipinski definition) is 3. The number of amides is 1. The van der Waals surface area contributed by atoms with Gasteiger partial charge in [-0.05, 0) is 40.8 Å². The van der Waals surface area contributed by atoms with Crippen LogP contribution >= 0.6 is 22.6 Å². The zero-order chi connectivity index (χ0) is 12.8. The van der Waals surface area contributed by atoms with E-state index in [-0.39, 0.29) is 12.2 Å². The van der Waals surface area contributed by atoms with Crippen molar-refractivity contribution < 1.29 is 18.3 Å². The Morgan fingerprint density at radius 3 is 2.82 bits per heavy atom. The average Bonchev–Trinajstić information content (AvgIpc) is 2.21. The van der Waals surface area contributed by atoms with Crippen LogP contribution in [-0.2, 0) is 4.79 Å². The van der Waals surface area contributed by atoms with E-state index in [4.69, 9.17) is 5.26 Å². The highest BCUT2D eigenvalue weighted by Gasteiger charge is 2.09. The Balaban J connectivity index is 2.76. The van der Waals surface area contributed by atoms with Crippen LogP contribution in [0.2, 0.25) is 0 Å². The number of rotatable bonds is 4. The SMILES string of the molecule is N#CCC(=O)Nc1ccc(OC(F)F)cc1I. The molecule has 1 aromatic rings. The van der Waals surface area contributed by atoms with Crippen molar-refractivity contribution in [3.63, 3.8) is 0 Å². The average molecular weight is 352 g/mol. The van der Waals surface area contributed by atoms with Gasteiger partial charge in [0, 0.05) is 3.57 Å². The lowest BCUT2D eigenvalue weighted by Gasteiger charge is -2.09. The number of carbonyl (C=O) groups excluding carboxylic acids is 1.